The van der Waals surface area contributed by atoms with Gasteiger partial charge in [-0.15, -0.1) is 0 Å². The maximum Gasteiger partial charge on any atom is 0.264 e. The molecule has 1 amide bonds. The van der Waals surface area contributed by atoms with Crippen LogP contribution >= 0.6 is 0 Å². The standard InChI is InChI=1S/C19H21N5O4/c1-3-23(9-13-11-27-15-6-4-5-7-16(15)28-13)17(25)10-24-12-20-18-14(19(24)26)8-21-22(18)2/h4-8,12-13H,3,9-11H2,1-2H3. The summed E-state index contributed by atoms with van der Waals surface area (Å²) in [5.74, 6) is 1.19. The zero-order valence-electron chi connectivity index (χ0n) is 15.7. The molecule has 1 atom stereocenters. The van der Waals surface area contributed by atoms with E-state index < -0.39 is 0 Å². The molecule has 0 N–H and O–H groups in total. The summed E-state index contributed by atoms with van der Waals surface area (Å²) in [6.07, 6.45) is 2.58. The number of ether oxygens (including phenoxy) is 2. The van der Waals surface area contributed by atoms with Crippen LogP contribution in [0.1, 0.15) is 6.92 Å². The molecule has 3 heterocycles. The maximum absolute atomic E-state index is 12.8. The minimum Gasteiger partial charge on any atom is -0.486 e. The van der Waals surface area contributed by atoms with Crippen LogP contribution in [0, 0.1) is 0 Å². The minimum atomic E-state index is -0.284. The van der Waals surface area contributed by atoms with Gasteiger partial charge in [-0.1, -0.05) is 12.1 Å². The van der Waals surface area contributed by atoms with Crippen molar-refractivity contribution < 1.29 is 14.3 Å². The van der Waals surface area contributed by atoms with E-state index in [0.29, 0.717) is 42.2 Å². The highest BCUT2D eigenvalue weighted by Gasteiger charge is 2.25. The van der Waals surface area contributed by atoms with Crippen molar-refractivity contribution in [3.63, 3.8) is 0 Å². The van der Waals surface area contributed by atoms with Gasteiger partial charge in [0, 0.05) is 13.6 Å². The SMILES string of the molecule is CCN(CC1COc2ccccc2O1)C(=O)Cn1cnc2c(cnn2C)c1=O. The van der Waals surface area contributed by atoms with E-state index in [1.54, 1.807) is 11.9 Å². The molecule has 0 fully saturated rings. The highest BCUT2D eigenvalue weighted by atomic mass is 16.6. The van der Waals surface area contributed by atoms with E-state index in [1.165, 1.54) is 21.8 Å². The Morgan fingerprint density at radius 3 is 2.89 bits per heavy atom. The number of aromatic nitrogens is 4. The molecular weight excluding hydrogens is 362 g/mol. The van der Waals surface area contributed by atoms with Gasteiger partial charge in [-0.05, 0) is 19.1 Å². The molecule has 4 rings (SSSR count). The first-order chi connectivity index (χ1) is 13.6. The largest absolute Gasteiger partial charge is 0.486 e. The van der Waals surface area contributed by atoms with Gasteiger partial charge < -0.3 is 14.4 Å². The molecule has 0 saturated heterocycles. The molecule has 1 unspecified atom stereocenters. The van der Waals surface area contributed by atoms with Crippen molar-refractivity contribution in [2.45, 2.75) is 19.6 Å². The number of fused-ring (bicyclic) bond motifs is 2. The molecule has 28 heavy (non-hydrogen) atoms. The van der Waals surface area contributed by atoms with Gasteiger partial charge in [0.05, 0.1) is 12.7 Å². The highest BCUT2D eigenvalue weighted by Crippen LogP contribution is 2.31. The lowest BCUT2D eigenvalue weighted by molar-refractivity contribution is -0.133. The molecule has 1 aliphatic rings. The number of hydrogen-bond donors (Lipinski definition) is 0. The molecule has 1 aromatic carbocycles. The van der Waals surface area contributed by atoms with E-state index in [0.717, 1.165) is 0 Å². The van der Waals surface area contributed by atoms with Crippen molar-refractivity contribution in [1.29, 1.82) is 0 Å². The third kappa shape index (κ3) is 3.30. The zero-order chi connectivity index (χ0) is 19.7. The molecular formula is C19H21N5O4. The van der Waals surface area contributed by atoms with Crippen LogP contribution in [0.15, 0.2) is 41.6 Å². The van der Waals surface area contributed by atoms with E-state index >= 15 is 0 Å². The number of likely N-dealkylation sites (N-methyl/N-ethyl adjacent to an activating group) is 1. The quantitative estimate of drug-likeness (QED) is 0.648. The first-order valence-electron chi connectivity index (χ1n) is 9.10. The fraction of sp³-hybridized carbons (Fsp3) is 0.368. The van der Waals surface area contributed by atoms with E-state index in [-0.39, 0.29) is 24.1 Å². The average Bonchev–Trinajstić information content (AvgIpc) is 3.09. The van der Waals surface area contributed by atoms with Crippen molar-refractivity contribution in [3.05, 3.63) is 47.1 Å². The summed E-state index contributed by atoms with van der Waals surface area (Å²) in [6.45, 7) is 3.04. The van der Waals surface area contributed by atoms with Gasteiger partial charge in [0.2, 0.25) is 5.91 Å². The van der Waals surface area contributed by atoms with Gasteiger partial charge in [0.1, 0.15) is 24.9 Å². The van der Waals surface area contributed by atoms with Gasteiger partial charge in [0.25, 0.3) is 5.56 Å². The lowest BCUT2D eigenvalue weighted by Crippen LogP contribution is -2.45. The monoisotopic (exact) mass is 383 g/mol. The number of carbonyl (C=O) groups is 1. The number of amides is 1. The Labute approximate surface area is 161 Å². The summed E-state index contributed by atoms with van der Waals surface area (Å²) in [5.41, 5.74) is 0.209. The highest BCUT2D eigenvalue weighted by molar-refractivity contribution is 5.77. The van der Waals surface area contributed by atoms with Crippen molar-refractivity contribution in [2.24, 2.45) is 7.05 Å². The van der Waals surface area contributed by atoms with E-state index in [4.69, 9.17) is 9.47 Å². The first kappa shape index (κ1) is 18.0. The van der Waals surface area contributed by atoms with Crippen LogP contribution in [0.5, 0.6) is 11.5 Å². The van der Waals surface area contributed by atoms with Crippen LogP contribution in [-0.4, -0.2) is 55.9 Å². The van der Waals surface area contributed by atoms with Crippen LogP contribution in [0.25, 0.3) is 11.0 Å². The Kier molecular flexibility index (Phi) is 4.72. The Bertz CT molecular complexity index is 1070. The molecule has 9 nitrogen and oxygen atoms in total. The fourth-order valence-corrected chi connectivity index (χ4v) is 3.23. The maximum atomic E-state index is 12.8. The van der Waals surface area contributed by atoms with E-state index in [1.807, 2.05) is 31.2 Å². The Morgan fingerprint density at radius 1 is 1.32 bits per heavy atom. The predicted molar refractivity (Wildman–Crippen MR) is 101 cm³/mol. The third-order valence-electron chi connectivity index (χ3n) is 4.75. The van der Waals surface area contributed by atoms with Crippen molar-refractivity contribution in [2.75, 3.05) is 19.7 Å². The summed E-state index contributed by atoms with van der Waals surface area (Å²) >= 11 is 0. The van der Waals surface area contributed by atoms with Gasteiger partial charge in [0.15, 0.2) is 23.3 Å². The Hall–Kier alpha value is -3.36. The van der Waals surface area contributed by atoms with Gasteiger partial charge in [-0.2, -0.15) is 5.10 Å². The summed E-state index contributed by atoms with van der Waals surface area (Å²) in [4.78, 5) is 31.2. The molecule has 146 valence electrons. The summed E-state index contributed by atoms with van der Waals surface area (Å²) in [6, 6.07) is 7.45. The summed E-state index contributed by atoms with van der Waals surface area (Å²) in [5, 5.41) is 4.43. The van der Waals surface area contributed by atoms with Gasteiger partial charge >= 0.3 is 0 Å². The smallest absolute Gasteiger partial charge is 0.264 e. The number of carbonyl (C=O) groups excluding carboxylic acids is 1. The third-order valence-corrected chi connectivity index (χ3v) is 4.75. The second-order valence-electron chi connectivity index (χ2n) is 6.61. The fourth-order valence-electron chi connectivity index (χ4n) is 3.23. The number of nitrogens with zero attached hydrogens (tertiary/aromatic N) is 5. The van der Waals surface area contributed by atoms with Crippen molar-refractivity contribution in [3.8, 4) is 11.5 Å². The lowest BCUT2D eigenvalue weighted by atomic mass is 10.2. The summed E-state index contributed by atoms with van der Waals surface area (Å²) in [7, 11) is 1.72. The number of aryl methyl sites for hydroxylation is 1. The van der Waals surface area contributed by atoms with Gasteiger partial charge in [-0.25, -0.2) is 4.98 Å². The minimum absolute atomic E-state index is 0.0886. The van der Waals surface area contributed by atoms with Crippen LogP contribution in [-0.2, 0) is 18.4 Å². The number of rotatable bonds is 5. The van der Waals surface area contributed by atoms with E-state index in [2.05, 4.69) is 10.1 Å². The normalized spacial score (nSPS) is 15.6. The predicted octanol–water partition coefficient (Wildman–Crippen LogP) is 0.819. The zero-order valence-corrected chi connectivity index (χ0v) is 15.7. The molecule has 0 bridgehead atoms. The molecule has 9 heteroatoms. The number of para-hydroxylation sites is 2. The Morgan fingerprint density at radius 2 is 2.11 bits per heavy atom. The Balaban J connectivity index is 1.46. The molecule has 0 spiro atoms. The van der Waals surface area contributed by atoms with Crippen LogP contribution in [0.4, 0.5) is 0 Å². The lowest BCUT2D eigenvalue weighted by Gasteiger charge is -2.31. The molecule has 0 aliphatic carbocycles. The van der Waals surface area contributed by atoms with Gasteiger partial charge in [-0.3, -0.25) is 18.8 Å². The number of benzene rings is 1. The second-order valence-corrected chi connectivity index (χ2v) is 6.61. The molecule has 2 aromatic heterocycles. The second kappa shape index (κ2) is 7.34. The van der Waals surface area contributed by atoms with Crippen LogP contribution in [0.2, 0.25) is 0 Å². The van der Waals surface area contributed by atoms with E-state index in [9.17, 15) is 9.59 Å². The molecule has 3 aromatic rings. The van der Waals surface area contributed by atoms with Crippen LogP contribution in [0.3, 0.4) is 0 Å². The summed E-state index contributed by atoms with van der Waals surface area (Å²) < 4.78 is 14.5. The molecule has 0 radical (unpaired) electrons. The molecule has 1 aliphatic heterocycles. The number of hydrogen-bond acceptors (Lipinski definition) is 6. The van der Waals surface area contributed by atoms with Crippen LogP contribution < -0.4 is 15.0 Å². The molecule has 0 saturated carbocycles. The van der Waals surface area contributed by atoms with Crippen molar-refractivity contribution >= 4 is 16.9 Å². The van der Waals surface area contributed by atoms with Crippen molar-refractivity contribution in [1.82, 2.24) is 24.2 Å². The average molecular weight is 383 g/mol. The topological polar surface area (TPSA) is 91.5 Å². The first-order valence-corrected chi connectivity index (χ1v) is 9.10.